The molecule has 1 aromatic carbocycles. The van der Waals surface area contributed by atoms with Crippen molar-refractivity contribution in [2.75, 3.05) is 13.2 Å². The number of hydrogen-bond acceptors (Lipinski definition) is 2. The van der Waals surface area contributed by atoms with Crippen molar-refractivity contribution in [1.82, 2.24) is 0 Å². The predicted octanol–water partition coefficient (Wildman–Crippen LogP) is 3.85. The molecule has 2 nitrogen and oxygen atoms in total. The lowest BCUT2D eigenvalue weighted by molar-refractivity contribution is 0.301. The largest absolute Gasteiger partial charge is 0.493 e. The summed E-state index contributed by atoms with van der Waals surface area (Å²) in [7, 11) is 0. The zero-order valence-electron chi connectivity index (χ0n) is 11.9. The zero-order chi connectivity index (χ0) is 13.2. The van der Waals surface area contributed by atoms with Gasteiger partial charge in [-0.3, -0.25) is 0 Å². The Morgan fingerprint density at radius 1 is 1.11 bits per heavy atom. The Labute approximate surface area is 112 Å². The van der Waals surface area contributed by atoms with Gasteiger partial charge in [-0.1, -0.05) is 50.3 Å². The fraction of sp³-hybridized carbons (Fsp3) is 0.625. The van der Waals surface area contributed by atoms with E-state index >= 15 is 0 Å². The molecule has 102 valence electrons. The predicted molar refractivity (Wildman–Crippen MR) is 78.2 cm³/mol. The smallest absolute Gasteiger partial charge is 0.122 e. The molecule has 0 saturated carbocycles. The molecule has 0 fully saturated rings. The number of rotatable bonds is 9. The Morgan fingerprint density at radius 2 is 1.89 bits per heavy atom. The standard InChI is InChI=1S/C16H27NO/c1-3-4-5-6-7-12-18-16-9-8-14(2)13-15(16)10-11-17/h8-9,13H,3-7,10-12,17H2,1-2H3. The third-order valence-electron chi connectivity index (χ3n) is 3.14. The summed E-state index contributed by atoms with van der Waals surface area (Å²) in [6.45, 7) is 5.84. The minimum atomic E-state index is 0.677. The second-order valence-electron chi connectivity index (χ2n) is 4.91. The second-order valence-corrected chi connectivity index (χ2v) is 4.91. The molecule has 0 saturated heterocycles. The van der Waals surface area contributed by atoms with Gasteiger partial charge in [0.25, 0.3) is 0 Å². The number of unbranched alkanes of at least 4 members (excludes halogenated alkanes) is 4. The van der Waals surface area contributed by atoms with Gasteiger partial charge in [-0.25, -0.2) is 0 Å². The third-order valence-corrected chi connectivity index (χ3v) is 3.14. The van der Waals surface area contributed by atoms with Crippen LogP contribution in [0.1, 0.15) is 50.2 Å². The summed E-state index contributed by atoms with van der Waals surface area (Å²) in [4.78, 5) is 0. The Bertz CT molecular complexity index is 336. The quantitative estimate of drug-likeness (QED) is 0.675. The molecular weight excluding hydrogens is 222 g/mol. The molecule has 1 aromatic rings. The van der Waals surface area contributed by atoms with Crippen LogP contribution in [0, 0.1) is 6.92 Å². The summed E-state index contributed by atoms with van der Waals surface area (Å²) in [6.07, 6.45) is 7.26. The monoisotopic (exact) mass is 249 g/mol. The summed E-state index contributed by atoms with van der Waals surface area (Å²) in [5.74, 6) is 1.02. The van der Waals surface area contributed by atoms with Crippen LogP contribution < -0.4 is 10.5 Å². The molecule has 0 aromatic heterocycles. The van der Waals surface area contributed by atoms with E-state index in [0.717, 1.165) is 25.2 Å². The maximum Gasteiger partial charge on any atom is 0.122 e. The van der Waals surface area contributed by atoms with Crippen molar-refractivity contribution < 1.29 is 4.74 Å². The topological polar surface area (TPSA) is 35.2 Å². The normalized spacial score (nSPS) is 10.6. The van der Waals surface area contributed by atoms with E-state index < -0.39 is 0 Å². The molecule has 0 bridgehead atoms. The molecule has 2 N–H and O–H groups in total. The van der Waals surface area contributed by atoms with E-state index in [9.17, 15) is 0 Å². The fourth-order valence-electron chi connectivity index (χ4n) is 2.09. The highest BCUT2D eigenvalue weighted by Crippen LogP contribution is 2.20. The number of ether oxygens (including phenoxy) is 1. The van der Waals surface area contributed by atoms with Gasteiger partial charge in [0.05, 0.1) is 6.61 Å². The number of nitrogens with two attached hydrogens (primary N) is 1. The summed E-state index contributed by atoms with van der Waals surface area (Å²) in [6, 6.07) is 6.36. The van der Waals surface area contributed by atoms with Crippen molar-refractivity contribution in [2.45, 2.75) is 52.4 Å². The Kier molecular flexibility index (Phi) is 7.51. The van der Waals surface area contributed by atoms with E-state index in [4.69, 9.17) is 10.5 Å². The molecule has 18 heavy (non-hydrogen) atoms. The highest BCUT2D eigenvalue weighted by atomic mass is 16.5. The van der Waals surface area contributed by atoms with Crippen LogP contribution in [-0.4, -0.2) is 13.2 Å². The van der Waals surface area contributed by atoms with E-state index in [1.807, 2.05) is 0 Å². The maximum atomic E-state index is 5.87. The van der Waals surface area contributed by atoms with Gasteiger partial charge in [0, 0.05) is 0 Å². The van der Waals surface area contributed by atoms with E-state index in [1.165, 1.54) is 36.8 Å². The van der Waals surface area contributed by atoms with Crippen LogP contribution in [0.5, 0.6) is 5.75 Å². The van der Waals surface area contributed by atoms with Crippen molar-refractivity contribution in [1.29, 1.82) is 0 Å². The molecule has 0 amide bonds. The van der Waals surface area contributed by atoms with Gasteiger partial charge in [0.1, 0.15) is 5.75 Å². The van der Waals surface area contributed by atoms with Crippen LogP contribution in [0.3, 0.4) is 0 Å². The SMILES string of the molecule is CCCCCCCOc1ccc(C)cc1CCN. The first-order chi connectivity index (χ1) is 8.77. The average Bonchev–Trinajstić information content (AvgIpc) is 2.36. The lowest BCUT2D eigenvalue weighted by Crippen LogP contribution is -2.06. The van der Waals surface area contributed by atoms with Gasteiger partial charge in [-0.2, -0.15) is 0 Å². The van der Waals surface area contributed by atoms with Crippen molar-refractivity contribution >= 4 is 0 Å². The van der Waals surface area contributed by atoms with E-state index in [2.05, 4.69) is 32.0 Å². The summed E-state index contributed by atoms with van der Waals surface area (Å²) in [5.41, 5.74) is 8.15. The summed E-state index contributed by atoms with van der Waals surface area (Å²) >= 11 is 0. The minimum absolute atomic E-state index is 0.677. The molecule has 0 radical (unpaired) electrons. The van der Waals surface area contributed by atoms with Gasteiger partial charge in [0.2, 0.25) is 0 Å². The first-order valence-corrected chi connectivity index (χ1v) is 7.20. The second kappa shape index (κ2) is 8.98. The molecule has 0 spiro atoms. The van der Waals surface area contributed by atoms with Crippen molar-refractivity contribution in [2.24, 2.45) is 5.73 Å². The Balaban J connectivity index is 2.36. The van der Waals surface area contributed by atoms with Gasteiger partial charge >= 0.3 is 0 Å². The van der Waals surface area contributed by atoms with Crippen molar-refractivity contribution in [3.8, 4) is 5.75 Å². The molecule has 0 aliphatic carbocycles. The number of aryl methyl sites for hydroxylation is 1. The first kappa shape index (κ1) is 15.0. The molecule has 1 rings (SSSR count). The maximum absolute atomic E-state index is 5.87. The van der Waals surface area contributed by atoms with Crippen LogP contribution in [-0.2, 0) is 6.42 Å². The summed E-state index contributed by atoms with van der Waals surface area (Å²) in [5, 5.41) is 0. The average molecular weight is 249 g/mol. The first-order valence-electron chi connectivity index (χ1n) is 7.20. The Hall–Kier alpha value is -1.02. The highest BCUT2D eigenvalue weighted by Gasteiger charge is 2.03. The highest BCUT2D eigenvalue weighted by molar-refractivity contribution is 5.37. The van der Waals surface area contributed by atoms with Crippen LogP contribution in [0.25, 0.3) is 0 Å². The van der Waals surface area contributed by atoms with Gasteiger partial charge in [-0.05, 0) is 37.9 Å². The minimum Gasteiger partial charge on any atom is -0.493 e. The molecule has 2 heteroatoms. The van der Waals surface area contributed by atoms with Crippen LogP contribution in [0.2, 0.25) is 0 Å². The summed E-state index contributed by atoms with van der Waals surface area (Å²) < 4.78 is 5.87. The third kappa shape index (κ3) is 5.54. The van der Waals surface area contributed by atoms with Crippen LogP contribution in [0.4, 0.5) is 0 Å². The van der Waals surface area contributed by atoms with Gasteiger partial charge < -0.3 is 10.5 Å². The van der Waals surface area contributed by atoms with E-state index in [1.54, 1.807) is 0 Å². The lowest BCUT2D eigenvalue weighted by Gasteiger charge is -2.11. The molecule has 0 heterocycles. The lowest BCUT2D eigenvalue weighted by atomic mass is 10.1. The molecule has 0 aliphatic rings. The number of benzene rings is 1. The van der Waals surface area contributed by atoms with E-state index in [0.29, 0.717) is 6.54 Å². The van der Waals surface area contributed by atoms with Gasteiger partial charge in [0.15, 0.2) is 0 Å². The molecule has 0 atom stereocenters. The van der Waals surface area contributed by atoms with Crippen molar-refractivity contribution in [3.63, 3.8) is 0 Å². The molecule has 0 unspecified atom stereocenters. The van der Waals surface area contributed by atoms with E-state index in [-0.39, 0.29) is 0 Å². The van der Waals surface area contributed by atoms with Gasteiger partial charge in [-0.15, -0.1) is 0 Å². The molecule has 0 aliphatic heterocycles. The van der Waals surface area contributed by atoms with Crippen LogP contribution >= 0.6 is 0 Å². The molecular formula is C16H27NO. The zero-order valence-corrected chi connectivity index (χ0v) is 11.9. The van der Waals surface area contributed by atoms with Crippen molar-refractivity contribution in [3.05, 3.63) is 29.3 Å². The fourth-order valence-corrected chi connectivity index (χ4v) is 2.09. The van der Waals surface area contributed by atoms with Crippen LogP contribution in [0.15, 0.2) is 18.2 Å². The number of hydrogen-bond donors (Lipinski definition) is 1. The Morgan fingerprint density at radius 3 is 2.61 bits per heavy atom.